The first kappa shape index (κ1) is 15.5. The molecule has 0 spiro atoms. The summed E-state index contributed by atoms with van der Waals surface area (Å²) in [6.45, 7) is 8.81. The normalized spacial score (nSPS) is 22.1. The van der Waals surface area contributed by atoms with E-state index in [1.165, 1.54) is 24.0 Å². The van der Waals surface area contributed by atoms with Crippen LogP contribution in [0.5, 0.6) is 0 Å². The number of ether oxygens (including phenoxy) is 1. The fraction of sp³-hybridized carbons (Fsp3) is 0.667. The van der Waals surface area contributed by atoms with E-state index in [1.54, 1.807) is 0 Å². The van der Waals surface area contributed by atoms with Gasteiger partial charge in [-0.3, -0.25) is 0 Å². The van der Waals surface area contributed by atoms with Crippen LogP contribution in [-0.2, 0) is 11.2 Å². The molecule has 0 amide bonds. The number of fused-ring (bicyclic) bond motifs is 1. The third-order valence-corrected chi connectivity index (χ3v) is 4.34. The van der Waals surface area contributed by atoms with Gasteiger partial charge in [-0.1, -0.05) is 52.0 Å². The molecule has 0 bridgehead atoms. The summed E-state index contributed by atoms with van der Waals surface area (Å²) in [5.41, 5.74) is 9.20. The summed E-state index contributed by atoms with van der Waals surface area (Å²) in [5.74, 6) is 0. The maximum absolute atomic E-state index is 6.51. The molecule has 0 aliphatic heterocycles. The molecular weight excluding hydrogens is 246 g/mol. The number of hydrogen-bond acceptors (Lipinski definition) is 2. The molecule has 1 aromatic carbocycles. The fourth-order valence-corrected chi connectivity index (χ4v) is 3.19. The van der Waals surface area contributed by atoms with Gasteiger partial charge in [0.2, 0.25) is 0 Å². The second-order valence-electron chi connectivity index (χ2n) is 7.07. The smallest absolute Gasteiger partial charge is 0.0832 e. The van der Waals surface area contributed by atoms with Crippen molar-refractivity contribution in [2.24, 2.45) is 11.1 Å². The molecule has 2 N–H and O–H groups in total. The Morgan fingerprint density at radius 3 is 2.65 bits per heavy atom. The SMILES string of the molecule is CCC(N)C(OC1CCCc2ccccc21)C(C)(C)C. The number of nitrogens with two attached hydrogens (primary N) is 1. The molecule has 20 heavy (non-hydrogen) atoms. The second-order valence-corrected chi connectivity index (χ2v) is 7.07. The number of benzene rings is 1. The van der Waals surface area contributed by atoms with Gasteiger partial charge in [0, 0.05) is 6.04 Å². The van der Waals surface area contributed by atoms with Crippen molar-refractivity contribution >= 4 is 0 Å². The van der Waals surface area contributed by atoms with E-state index in [0.29, 0.717) is 0 Å². The molecule has 2 heteroatoms. The molecule has 1 aliphatic rings. The summed E-state index contributed by atoms with van der Waals surface area (Å²) in [5, 5.41) is 0. The average molecular weight is 275 g/mol. The van der Waals surface area contributed by atoms with Crippen LogP contribution in [0.15, 0.2) is 24.3 Å². The lowest BCUT2D eigenvalue weighted by Crippen LogP contribution is -2.45. The molecule has 0 saturated heterocycles. The van der Waals surface area contributed by atoms with Gasteiger partial charge in [-0.05, 0) is 42.2 Å². The molecule has 2 nitrogen and oxygen atoms in total. The number of aryl methyl sites for hydroxylation is 1. The van der Waals surface area contributed by atoms with Gasteiger partial charge in [0.1, 0.15) is 0 Å². The zero-order chi connectivity index (χ0) is 14.8. The predicted molar refractivity (Wildman–Crippen MR) is 84.7 cm³/mol. The summed E-state index contributed by atoms with van der Waals surface area (Å²) < 4.78 is 6.51. The zero-order valence-corrected chi connectivity index (χ0v) is 13.4. The highest BCUT2D eigenvalue weighted by Gasteiger charge is 2.34. The Balaban J connectivity index is 2.20. The molecular formula is C18H29NO. The highest BCUT2D eigenvalue weighted by Crippen LogP contribution is 2.37. The minimum atomic E-state index is 0.0712. The molecule has 112 valence electrons. The summed E-state index contributed by atoms with van der Waals surface area (Å²) >= 11 is 0. The van der Waals surface area contributed by atoms with Gasteiger partial charge in [-0.2, -0.15) is 0 Å². The van der Waals surface area contributed by atoms with Crippen molar-refractivity contribution in [2.75, 3.05) is 0 Å². The van der Waals surface area contributed by atoms with Gasteiger partial charge < -0.3 is 10.5 Å². The van der Waals surface area contributed by atoms with Crippen molar-refractivity contribution in [3.05, 3.63) is 35.4 Å². The van der Waals surface area contributed by atoms with Crippen LogP contribution in [0.3, 0.4) is 0 Å². The maximum Gasteiger partial charge on any atom is 0.0832 e. The van der Waals surface area contributed by atoms with Gasteiger partial charge in [-0.15, -0.1) is 0 Å². The summed E-state index contributed by atoms with van der Waals surface area (Å²) in [6.07, 6.45) is 4.76. The van der Waals surface area contributed by atoms with Crippen LogP contribution in [0.25, 0.3) is 0 Å². The van der Waals surface area contributed by atoms with E-state index in [4.69, 9.17) is 10.5 Å². The van der Waals surface area contributed by atoms with E-state index in [1.807, 2.05) is 0 Å². The van der Waals surface area contributed by atoms with Crippen molar-refractivity contribution in [3.8, 4) is 0 Å². The Labute approximate surface area is 123 Å². The van der Waals surface area contributed by atoms with Crippen LogP contribution in [-0.4, -0.2) is 12.1 Å². The molecule has 3 unspecified atom stereocenters. The highest BCUT2D eigenvalue weighted by atomic mass is 16.5. The topological polar surface area (TPSA) is 35.2 Å². The van der Waals surface area contributed by atoms with Crippen LogP contribution in [0.1, 0.15) is 64.2 Å². The Kier molecular flexibility index (Phi) is 4.87. The van der Waals surface area contributed by atoms with Crippen molar-refractivity contribution in [3.63, 3.8) is 0 Å². The first-order valence-electron chi connectivity index (χ1n) is 7.92. The zero-order valence-electron chi connectivity index (χ0n) is 13.4. The Hall–Kier alpha value is -0.860. The number of rotatable bonds is 4. The lowest BCUT2D eigenvalue weighted by Gasteiger charge is -2.39. The fourth-order valence-electron chi connectivity index (χ4n) is 3.19. The van der Waals surface area contributed by atoms with Crippen molar-refractivity contribution in [2.45, 2.75) is 71.6 Å². The third kappa shape index (κ3) is 3.42. The molecule has 0 heterocycles. The third-order valence-electron chi connectivity index (χ3n) is 4.34. The van der Waals surface area contributed by atoms with Crippen LogP contribution in [0, 0.1) is 5.41 Å². The molecule has 0 radical (unpaired) electrons. The van der Waals surface area contributed by atoms with Gasteiger partial charge in [0.15, 0.2) is 0 Å². The lowest BCUT2D eigenvalue weighted by molar-refractivity contribution is -0.0866. The minimum absolute atomic E-state index is 0.0712. The molecule has 2 rings (SSSR count). The highest BCUT2D eigenvalue weighted by molar-refractivity contribution is 5.31. The van der Waals surface area contributed by atoms with E-state index in [9.17, 15) is 0 Å². The molecule has 0 saturated carbocycles. The van der Waals surface area contributed by atoms with Crippen LogP contribution in [0.2, 0.25) is 0 Å². The largest absolute Gasteiger partial charge is 0.368 e. The molecule has 1 aromatic rings. The van der Waals surface area contributed by atoms with Crippen molar-refractivity contribution in [1.29, 1.82) is 0 Å². The molecule has 1 aliphatic carbocycles. The van der Waals surface area contributed by atoms with Crippen molar-refractivity contribution < 1.29 is 4.74 Å². The lowest BCUT2D eigenvalue weighted by atomic mass is 9.82. The monoisotopic (exact) mass is 275 g/mol. The predicted octanol–water partition coefficient (Wildman–Crippen LogP) is 4.23. The van der Waals surface area contributed by atoms with E-state index in [2.05, 4.69) is 52.0 Å². The first-order valence-corrected chi connectivity index (χ1v) is 7.92. The van der Waals surface area contributed by atoms with Gasteiger partial charge in [0.05, 0.1) is 12.2 Å². The van der Waals surface area contributed by atoms with Gasteiger partial charge >= 0.3 is 0 Å². The minimum Gasteiger partial charge on any atom is -0.368 e. The van der Waals surface area contributed by atoms with Crippen LogP contribution in [0.4, 0.5) is 0 Å². The van der Waals surface area contributed by atoms with Crippen LogP contribution >= 0.6 is 0 Å². The standard InChI is InChI=1S/C18H29NO/c1-5-15(19)17(18(2,3)4)20-16-12-8-10-13-9-6-7-11-14(13)16/h6-7,9,11,15-17H,5,8,10,12,19H2,1-4H3. The van der Waals surface area contributed by atoms with Gasteiger partial charge in [0.25, 0.3) is 0 Å². The second kappa shape index (κ2) is 6.28. The molecule has 0 aromatic heterocycles. The first-order chi connectivity index (χ1) is 9.43. The van der Waals surface area contributed by atoms with Crippen LogP contribution < -0.4 is 5.73 Å². The van der Waals surface area contributed by atoms with E-state index < -0.39 is 0 Å². The summed E-state index contributed by atoms with van der Waals surface area (Å²) in [6, 6.07) is 8.80. The maximum atomic E-state index is 6.51. The summed E-state index contributed by atoms with van der Waals surface area (Å²) in [7, 11) is 0. The van der Waals surface area contributed by atoms with Gasteiger partial charge in [-0.25, -0.2) is 0 Å². The van der Waals surface area contributed by atoms with E-state index >= 15 is 0 Å². The van der Waals surface area contributed by atoms with E-state index in [0.717, 1.165) is 12.8 Å². The Bertz CT molecular complexity index is 435. The molecule has 0 fully saturated rings. The number of hydrogen-bond donors (Lipinski definition) is 1. The average Bonchev–Trinajstić information content (AvgIpc) is 2.42. The van der Waals surface area contributed by atoms with E-state index in [-0.39, 0.29) is 23.7 Å². The van der Waals surface area contributed by atoms with Crippen molar-refractivity contribution in [1.82, 2.24) is 0 Å². The molecule has 3 atom stereocenters. The Morgan fingerprint density at radius 2 is 2.00 bits per heavy atom. The summed E-state index contributed by atoms with van der Waals surface area (Å²) in [4.78, 5) is 0. The quantitative estimate of drug-likeness (QED) is 0.892. The Morgan fingerprint density at radius 1 is 1.30 bits per heavy atom.